The summed E-state index contributed by atoms with van der Waals surface area (Å²) in [5, 5.41) is 5.29. The smallest absolute Gasteiger partial charge is 0.240 e. The summed E-state index contributed by atoms with van der Waals surface area (Å²) in [6, 6.07) is 2.58. The molecule has 138 valence electrons. The van der Waals surface area contributed by atoms with Crippen molar-refractivity contribution in [3.05, 3.63) is 21.9 Å². The van der Waals surface area contributed by atoms with Crippen LogP contribution in [0.5, 0.6) is 0 Å². The molecule has 4 nitrogen and oxygen atoms in total. The van der Waals surface area contributed by atoms with Gasteiger partial charge in [-0.25, -0.2) is 0 Å². The van der Waals surface area contributed by atoms with E-state index in [1.165, 1.54) is 16.9 Å². The highest BCUT2D eigenvalue weighted by Gasteiger charge is 2.35. The number of rotatable bonds is 4. The largest absolute Gasteiger partial charge is 0.353 e. The Balaban J connectivity index is 0.00000144. The van der Waals surface area contributed by atoms with Crippen molar-refractivity contribution < 1.29 is 4.79 Å². The fourth-order valence-electron chi connectivity index (χ4n) is 3.60. The number of nitrogens with two attached hydrogens (primary N) is 1. The molecule has 2 heterocycles. The molecule has 0 aromatic carbocycles. The molecule has 3 N–H and O–H groups in total. The SMILES string of the molecule is CC(CNC(=O)C1(N)CCCCC1)N1CCc2sccc2C1.Cl.Cl. The lowest BCUT2D eigenvalue weighted by molar-refractivity contribution is -0.127. The minimum Gasteiger partial charge on any atom is -0.353 e. The molecule has 24 heavy (non-hydrogen) atoms. The van der Waals surface area contributed by atoms with Crippen molar-refractivity contribution in [2.24, 2.45) is 5.73 Å². The number of amides is 1. The molecular weight excluding hydrogens is 365 g/mol. The molecular formula is C17H29Cl2N3OS. The highest BCUT2D eigenvalue weighted by molar-refractivity contribution is 7.10. The highest BCUT2D eigenvalue weighted by atomic mass is 35.5. The van der Waals surface area contributed by atoms with Crippen LogP contribution in [0.2, 0.25) is 0 Å². The molecule has 1 aliphatic carbocycles. The molecule has 1 atom stereocenters. The van der Waals surface area contributed by atoms with E-state index in [0.717, 1.165) is 45.2 Å². The molecule has 0 spiro atoms. The first-order chi connectivity index (χ1) is 10.6. The van der Waals surface area contributed by atoms with Crippen LogP contribution in [0.15, 0.2) is 11.4 Å². The maximum Gasteiger partial charge on any atom is 0.240 e. The van der Waals surface area contributed by atoms with Crippen molar-refractivity contribution in [1.29, 1.82) is 0 Å². The third kappa shape index (κ3) is 4.85. The lowest BCUT2D eigenvalue weighted by Crippen LogP contribution is -2.57. The summed E-state index contributed by atoms with van der Waals surface area (Å²) in [4.78, 5) is 16.4. The number of hydrogen-bond donors (Lipinski definition) is 2. The molecule has 3 rings (SSSR count). The lowest BCUT2D eigenvalue weighted by atomic mass is 9.82. The summed E-state index contributed by atoms with van der Waals surface area (Å²) < 4.78 is 0. The Kier molecular flexibility index (Phi) is 8.50. The number of thiophene rings is 1. The summed E-state index contributed by atoms with van der Waals surface area (Å²) in [6.07, 6.45) is 6.15. The minimum atomic E-state index is -0.625. The topological polar surface area (TPSA) is 58.4 Å². The Morgan fingerprint density at radius 1 is 1.38 bits per heavy atom. The van der Waals surface area contributed by atoms with Crippen molar-refractivity contribution >= 4 is 42.1 Å². The van der Waals surface area contributed by atoms with Crippen LogP contribution in [0.4, 0.5) is 0 Å². The third-order valence-electron chi connectivity index (χ3n) is 5.22. The second kappa shape index (κ2) is 9.39. The maximum atomic E-state index is 12.4. The van der Waals surface area contributed by atoms with Gasteiger partial charge in [-0.15, -0.1) is 36.2 Å². The van der Waals surface area contributed by atoms with E-state index in [9.17, 15) is 4.79 Å². The molecule has 1 amide bonds. The van der Waals surface area contributed by atoms with Crippen LogP contribution < -0.4 is 11.1 Å². The maximum absolute atomic E-state index is 12.4. The number of hydrogen-bond acceptors (Lipinski definition) is 4. The van der Waals surface area contributed by atoms with E-state index in [1.54, 1.807) is 0 Å². The van der Waals surface area contributed by atoms with Crippen LogP contribution in [0.3, 0.4) is 0 Å². The van der Waals surface area contributed by atoms with Crippen molar-refractivity contribution in [3.63, 3.8) is 0 Å². The first kappa shape index (κ1) is 21.7. The average Bonchev–Trinajstić information content (AvgIpc) is 3.00. The summed E-state index contributed by atoms with van der Waals surface area (Å²) in [6.45, 7) is 4.97. The Labute approximate surface area is 161 Å². The van der Waals surface area contributed by atoms with Crippen molar-refractivity contribution in [1.82, 2.24) is 10.2 Å². The number of halogens is 2. The highest BCUT2D eigenvalue weighted by Crippen LogP contribution is 2.27. The van der Waals surface area contributed by atoms with Gasteiger partial charge >= 0.3 is 0 Å². The van der Waals surface area contributed by atoms with Gasteiger partial charge in [0.25, 0.3) is 0 Å². The zero-order chi connectivity index (χ0) is 15.6. The second-order valence-corrected chi connectivity index (χ2v) is 7.87. The van der Waals surface area contributed by atoms with E-state index < -0.39 is 5.54 Å². The van der Waals surface area contributed by atoms with Crippen LogP contribution in [-0.4, -0.2) is 35.5 Å². The van der Waals surface area contributed by atoms with Crippen LogP contribution >= 0.6 is 36.2 Å². The Hall–Kier alpha value is -0.330. The van der Waals surface area contributed by atoms with Crippen molar-refractivity contribution in [3.8, 4) is 0 Å². The monoisotopic (exact) mass is 393 g/mol. The molecule has 7 heteroatoms. The lowest BCUT2D eigenvalue weighted by Gasteiger charge is -2.35. The fraction of sp³-hybridized carbons (Fsp3) is 0.706. The summed E-state index contributed by atoms with van der Waals surface area (Å²) in [7, 11) is 0. The molecule has 0 saturated heterocycles. The average molecular weight is 394 g/mol. The molecule has 1 saturated carbocycles. The number of carbonyl (C=O) groups excluding carboxylic acids is 1. The van der Waals surface area contributed by atoms with Gasteiger partial charge in [-0.1, -0.05) is 19.3 Å². The minimum absolute atomic E-state index is 0. The van der Waals surface area contributed by atoms with E-state index in [0.29, 0.717) is 12.6 Å². The fourth-order valence-corrected chi connectivity index (χ4v) is 4.49. The Morgan fingerprint density at radius 2 is 2.08 bits per heavy atom. The van der Waals surface area contributed by atoms with Gasteiger partial charge in [-0.05, 0) is 43.2 Å². The predicted octanol–water partition coefficient (Wildman–Crippen LogP) is 3.12. The molecule has 1 aromatic heterocycles. The van der Waals surface area contributed by atoms with Gasteiger partial charge in [0, 0.05) is 30.6 Å². The van der Waals surface area contributed by atoms with Gasteiger partial charge in [0.05, 0.1) is 5.54 Å². The number of carbonyl (C=O) groups is 1. The number of nitrogens with zero attached hydrogens (tertiary/aromatic N) is 1. The van der Waals surface area contributed by atoms with Crippen molar-refractivity contribution in [2.75, 3.05) is 13.1 Å². The normalized spacial score (nSPS) is 20.9. The third-order valence-corrected chi connectivity index (χ3v) is 6.24. The van der Waals surface area contributed by atoms with E-state index in [-0.39, 0.29) is 30.7 Å². The summed E-state index contributed by atoms with van der Waals surface area (Å²) in [5.41, 5.74) is 7.12. The molecule has 1 unspecified atom stereocenters. The first-order valence-electron chi connectivity index (χ1n) is 8.45. The number of fused-ring (bicyclic) bond motifs is 1. The zero-order valence-electron chi connectivity index (χ0n) is 14.3. The van der Waals surface area contributed by atoms with Crippen LogP contribution in [-0.2, 0) is 17.8 Å². The summed E-state index contributed by atoms with van der Waals surface area (Å²) >= 11 is 1.86. The molecule has 1 fully saturated rings. The summed E-state index contributed by atoms with van der Waals surface area (Å²) in [5.74, 6) is 0.0484. The molecule has 0 bridgehead atoms. The van der Waals surface area contributed by atoms with Crippen LogP contribution in [0, 0.1) is 0 Å². The molecule has 2 aliphatic rings. The van der Waals surface area contributed by atoms with E-state index in [4.69, 9.17) is 5.73 Å². The van der Waals surface area contributed by atoms with Gasteiger partial charge in [0.1, 0.15) is 0 Å². The van der Waals surface area contributed by atoms with Crippen LogP contribution in [0.1, 0.15) is 49.5 Å². The van der Waals surface area contributed by atoms with Gasteiger partial charge in [-0.2, -0.15) is 0 Å². The van der Waals surface area contributed by atoms with Crippen molar-refractivity contribution in [2.45, 2.75) is 63.6 Å². The Morgan fingerprint density at radius 3 is 2.79 bits per heavy atom. The van der Waals surface area contributed by atoms with Gasteiger partial charge < -0.3 is 11.1 Å². The Bertz CT molecular complexity index is 532. The zero-order valence-corrected chi connectivity index (χ0v) is 16.7. The first-order valence-corrected chi connectivity index (χ1v) is 9.33. The van der Waals surface area contributed by atoms with E-state index in [2.05, 4.69) is 28.6 Å². The molecule has 1 aliphatic heterocycles. The molecule has 0 radical (unpaired) electrons. The second-order valence-electron chi connectivity index (χ2n) is 6.87. The number of nitrogens with one attached hydrogen (secondary N) is 1. The molecule has 1 aromatic rings. The predicted molar refractivity (Wildman–Crippen MR) is 105 cm³/mol. The van der Waals surface area contributed by atoms with Gasteiger partial charge in [-0.3, -0.25) is 9.69 Å². The standard InChI is InChI=1S/C17H27N3OS.2ClH/c1-13(20-9-5-15-14(12-20)6-10-22-15)11-19-16(21)17(18)7-3-2-4-8-17;;/h6,10,13H,2-5,7-9,11-12,18H2,1H3,(H,19,21);2*1H. The van der Waals surface area contributed by atoms with E-state index in [1.807, 2.05) is 11.3 Å². The van der Waals surface area contributed by atoms with Crippen LogP contribution in [0.25, 0.3) is 0 Å². The van der Waals surface area contributed by atoms with E-state index >= 15 is 0 Å². The van der Waals surface area contributed by atoms with Gasteiger partial charge in [0.2, 0.25) is 5.91 Å². The van der Waals surface area contributed by atoms with Gasteiger partial charge in [0.15, 0.2) is 0 Å². The quantitative estimate of drug-likeness (QED) is 0.825.